The highest BCUT2D eigenvalue weighted by atomic mass is 32.2. The van der Waals surface area contributed by atoms with E-state index >= 15 is 0 Å². The highest BCUT2D eigenvalue weighted by Crippen LogP contribution is 2.11. The zero-order chi connectivity index (χ0) is 17.7. The first-order valence-electron chi connectivity index (χ1n) is 6.98. The van der Waals surface area contributed by atoms with Gasteiger partial charge >= 0.3 is 5.97 Å². The first-order chi connectivity index (χ1) is 11.3. The Labute approximate surface area is 139 Å². The number of sulfonamides is 1. The Kier molecular flexibility index (Phi) is 5.45. The molecule has 0 aliphatic rings. The van der Waals surface area contributed by atoms with Gasteiger partial charge in [-0.05, 0) is 12.1 Å². The van der Waals surface area contributed by atoms with Crippen LogP contribution in [0.1, 0.15) is 10.4 Å². The molecular formula is C16H16N2O5S. The number of carboxylic acids is 1. The van der Waals surface area contributed by atoms with Gasteiger partial charge in [-0.15, -0.1) is 0 Å². The molecule has 7 nitrogen and oxygen atoms in total. The van der Waals surface area contributed by atoms with Gasteiger partial charge in [-0.1, -0.05) is 48.5 Å². The van der Waals surface area contributed by atoms with Crippen molar-refractivity contribution in [3.8, 4) is 0 Å². The summed E-state index contributed by atoms with van der Waals surface area (Å²) in [5.74, 6) is -2.20. The summed E-state index contributed by atoms with van der Waals surface area (Å²) in [6.45, 7) is 0. The van der Waals surface area contributed by atoms with Crippen LogP contribution in [0.15, 0.2) is 65.6 Å². The number of rotatable bonds is 7. The summed E-state index contributed by atoms with van der Waals surface area (Å²) in [6.07, 6.45) is 0. The van der Waals surface area contributed by atoms with E-state index in [2.05, 4.69) is 0 Å². The van der Waals surface area contributed by atoms with Gasteiger partial charge in [-0.2, -0.15) is 4.72 Å². The molecular weight excluding hydrogens is 332 g/mol. The smallest absolute Gasteiger partial charge is 0.323 e. The van der Waals surface area contributed by atoms with Gasteiger partial charge in [0.15, 0.2) is 5.78 Å². The third-order valence-corrected chi connectivity index (χ3v) is 4.78. The van der Waals surface area contributed by atoms with Gasteiger partial charge in [0.25, 0.3) is 0 Å². The minimum atomic E-state index is -4.13. The van der Waals surface area contributed by atoms with Crippen LogP contribution < -0.4 is 10.5 Å². The van der Waals surface area contributed by atoms with Crippen molar-refractivity contribution in [1.82, 2.24) is 4.72 Å². The maximum absolute atomic E-state index is 12.3. The van der Waals surface area contributed by atoms with Gasteiger partial charge < -0.3 is 10.8 Å². The van der Waals surface area contributed by atoms with Crippen LogP contribution >= 0.6 is 0 Å². The molecule has 0 fully saturated rings. The Morgan fingerprint density at radius 3 is 1.96 bits per heavy atom. The Morgan fingerprint density at radius 2 is 1.46 bits per heavy atom. The van der Waals surface area contributed by atoms with Crippen LogP contribution in [0.2, 0.25) is 0 Å². The number of aliphatic carboxylic acids is 1. The molecule has 4 N–H and O–H groups in total. The van der Waals surface area contributed by atoms with E-state index in [1.807, 2.05) is 4.72 Å². The van der Waals surface area contributed by atoms with Gasteiger partial charge in [0.05, 0.1) is 10.9 Å². The molecule has 2 rings (SSSR count). The van der Waals surface area contributed by atoms with E-state index in [1.54, 1.807) is 24.3 Å². The number of carbonyl (C=O) groups excluding carboxylic acids is 1. The number of carbonyl (C=O) groups is 2. The van der Waals surface area contributed by atoms with Crippen LogP contribution in [0, 0.1) is 0 Å². The largest absolute Gasteiger partial charge is 0.480 e. The van der Waals surface area contributed by atoms with E-state index in [4.69, 9.17) is 5.73 Å². The van der Waals surface area contributed by atoms with Crippen molar-refractivity contribution in [2.75, 3.05) is 0 Å². The fourth-order valence-electron chi connectivity index (χ4n) is 2.06. The predicted octanol–water partition coefficient (Wildman–Crippen LogP) is 0.628. The molecule has 0 aromatic heterocycles. The van der Waals surface area contributed by atoms with Crippen molar-refractivity contribution in [2.45, 2.75) is 17.0 Å². The van der Waals surface area contributed by atoms with Gasteiger partial charge in [-0.3, -0.25) is 9.59 Å². The Hall–Kier alpha value is -2.55. The fourth-order valence-corrected chi connectivity index (χ4v) is 3.29. The van der Waals surface area contributed by atoms with Crippen molar-refractivity contribution in [2.24, 2.45) is 5.73 Å². The molecule has 0 amide bonds. The van der Waals surface area contributed by atoms with E-state index in [-0.39, 0.29) is 10.5 Å². The van der Waals surface area contributed by atoms with Crippen molar-refractivity contribution < 1.29 is 23.1 Å². The monoisotopic (exact) mass is 348 g/mol. The Morgan fingerprint density at radius 1 is 0.958 bits per heavy atom. The average Bonchev–Trinajstić information content (AvgIpc) is 2.60. The molecule has 0 radical (unpaired) electrons. The fraction of sp³-hybridized carbons (Fsp3) is 0.125. The number of Topliss-reactive ketones (excluding diaryl/α,β-unsaturated/α-hetero) is 1. The minimum Gasteiger partial charge on any atom is -0.480 e. The molecule has 0 aliphatic heterocycles. The van der Waals surface area contributed by atoms with Gasteiger partial charge in [-0.25, -0.2) is 8.42 Å². The number of nitrogens with one attached hydrogen (secondary N) is 1. The molecule has 24 heavy (non-hydrogen) atoms. The standard InChI is InChI=1S/C16H16N2O5S/c17-13(15(19)11-7-3-1-4-8-11)14(16(20)21)18-24(22,23)12-9-5-2-6-10-12/h1-10,13-14,18H,17H2,(H,20,21)/t13?,14-/m0/s1. The highest BCUT2D eigenvalue weighted by Gasteiger charge is 2.35. The Bertz CT molecular complexity index is 822. The number of carboxylic acid groups (broad SMARTS) is 1. The molecule has 0 saturated heterocycles. The van der Waals surface area contributed by atoms with Crippen LogP contribution in [0.25, 0.3) is 0 Å². The average molecular weight is 348 g/mol. The molecule has 0 heterocycles. The van der Waals surface area contributed by atoms with Gasteiger partial charge in [0, 0.05) is 5.56 Å². The summed E-state index contributed by atoms with van der Waals surface area (Å²) in [5.41, 5.74) is 5.93. The number of hydrogen-bond acceptors (Lipinski definition) is 5. The number of ketones is 1. The zero-order valence-corrected chi connectivity index (χ0v) is 13.3. The summed E-state index contributed by atoms with van der Waals surface area (Å²) in [7, 11) is -4.13. The van der Waals surface area contributed by atoms with Gasteiger partial charge in [0.1, 0.15) is 6.04 Å². The molecule has 0 spiro atoms. The minimum absolute atomic E-state index is 0.115. The van der Waals surface area contributed by atoms with E-state index in [9.17, 15) is 23.1 Å². The first-order valence-corrected chi connectivity index (χ1v) is 8.46. The predicted molar refractivity (Wildman–Crippen MR) is 86.9 cm³/mol. The topological polar surface area (TPSA) is 127 Å². The molecule has 2 atom stereocenters. The number of benzene rings is 2. The summed E-state index contributed by atoms with van der Waals surface area (Å²) >= 11 is 0. The Balaban J connectivity index is 2.27. The molecule has 0 bridgehead atoms. The van der Waals surface area contributed by atoms with Crippen LogP contribution in [0.4, 0.5) is 0 Å². The summed E-state index contributed by atoms with van der Waals surface area (Å²) in [6, 6.07) is 11.7. The molecule has 0 saturated carbocycles. The zero-order valence-electron chi connectivity index (χ0n) is 12.5. The van der Waals surface area contributed by atoms with E-state index < -0.39 is 33.9 Å². The molecule has 1 unspecified atom stereocenters. The lowest BCUT2D eigenvalue weighted by atomic mass is 9.99. The van der Waals surface area contributed by atoms with Crippen LogP contribution in [0.3, 0.4) is 0 Å². The molecule has 126 valence electrons. The van der Waals surface area contributed by atoms with E-state index in [0.29, 0.717) is 0 Å². The van der Waals surface area contributed by atoms with Crippen molar-refractivity contribution in [1.29, 1.82) is 0 Å². The van der Waals surface area contributed by atoms with Crippen LogP contribution in [-0.4, -0.2) is 37.4 Å². The SMILES string of the molecule is NC(C(=O)c1ccccc1)[C@H](NS(=O)(=O)c1ccccc1)C(=O)O. The molecule has 2 aromatic carbocycles. The highest BCUT2D eigenvalue weighted by molar-refractivity contribution is 7.89. The summed E-state index contributed by atoms with van der Waals surface area (Å²) < 4.78 is 26.5. The lowest BCUT2D eigenvalue weighted by Gasteiger charge is -2.20. The maximum atomic E-state index is 12.3. The molecule has 0 aliphatic carbocycles. The second-order valence-electron chi connectivity index (χ2n) is 5.01. The number of hydrogen-bond donors (Lipinski definition) is 3. The van der Waals surface area contributed by atoms with Crippen molar-refractivity contribution in [3.63, 3.8) is 0 Å². The summed E-state index contributed by atoms with van der Waals surface area (Å²) in [4.78, 5) is 23.6. The van der Waals surface area contributed by atoms with Crippen molar-refractivity contribution >= 4 is 21.8 Å². The van der Waals surface area contributed by atoms with Crippen LogP contribution in [0.5, 0.6) is 0 Å². The third-order valence-electron chi connectivity index (χ3n) is 3.32. The lowest BCUT2D eigenvalue weighted by molar-refractivity contribution is -0.139. The summed E-state index contributed by atoms with van der Waals surface area (Å²) in [5, 5.41) is 9.29. The molecule has 2 aromatic rings. The lowest BCUT2D eigenvalue weighted by Crippen LogP contribution is -2.55. The third kappa shape index (κ3) is 4.05. The van der Waals surface area contributed by atoms with Crippen LogP contribution in [-0.2, 0) is 14.8 Å². The number of nitrogens with two attached hydrogens (primary N) is 1. The van der Waals surface area contributed by atoms with Crippen molar-refractivity contribution in [3.05, 3.63) is 66.2 Å². The maximum Gasteiger partial charge on any atom is 0.323 e. The quantitative estimate of drug-likeness (QED) is 0.630. The first kappa shape index (κ1) is 17.8. The second-order valence-corrected chi connectivity index (χ2v) is 6.72. The van der Waals surface area contributed by atoms with Gasteiger partial charge in [0.2, 0.25) is 10.0 Å². The van der Waals surface area contributed by atoms with E-state index in [1.165, 1.54) is 36.4 Å². The molecule has 8 heteroatoms. The second kappa shape index (κ2) is 7.35. The van der Waals surface area contributed by atoms with E-state index in [0.717, 1.165) is 0 Å². The normalized spacial score (nSPS) is 13.9.